The van der Waals surface area contributed by atoms with Crippen LogP contribution in [0.4, 0.5) is 11.4 Å². The van der Waals surface area contributed by atoms with Crippen molar-refractivity contribution in [3.8, 4) is 5.75 Å². The fourth-order valence-corrected chi connectivity index (χ4v) is 9.75. The molecule has 0 atom stereocenters. The van der Waals surface area contributed by atoms with Gasteiger partial charge in [0, 0.05) is 47.5 Å². The topological polar surface area (TPSA) is 141 Å². The summed E-state index contributed by atoms with van der Waals surface area (Å²) in [5.74, 6) is -0.0927. The van der Waals surface area contributed by atoms with Crippen molar-refractivity contribution in [1.29, 1.82) is 0 Å². The molecule has 3 aromatic rings. The fourth-order valence-electron chi connectivity index (χ4n) is 8.62. The maximum Gasteiger partial charge on any atom is 0.298 e. The molecule has 6 rings (SSSR count). The Morgan fingerprint density at radius 1 is 0.754 bits per heavy atom. The predicted octanol–water partition coefficient (Wildman–Crippen LogP) is 8.74. The van der Waals surface area contributed by atoms with Gasteiger partial charge in [-0.05, 0) is 104 Å². The molecule has 0 bridgehead atoms. The number of hydrogen-bond acceptors (Lipinski definition) is 7. The first-order valence-electron chi connectivity index (χ1n) is 19.6. The minimum atomic E-state index is -4.04. The maximum atomic E-state index is 11.5. The first-order chi connectivity index (χ1) is 27.0. The number of ether oxygens (including phenoxy) is 1. The molecule has 0 unspecified atom stereocenters. The molecule has 0 radical (unpaired) electrons. The highest BCUT2D eigenvalue weighted by molar-refractivity contribution is 7.86. The van der Waals surface area contributed by atoms with Crippen molar-refractivity contribution < 1.29 is 40.0 Å². The number of nitrogens with zero attached hydrogens (tertiary/aromatic N) is 2. The molecular formula is C45H53N2O8S2+. The Morgan fingerprint density at radius 3 is 2.09 bits per heavy atom. The second-order valence-electron chi connectivity index (χ2n) is 16.0. The van der Waals surface area contributed by atoms with Crippen LogP contribution in [0.2, 0.25) is 0 Å². The van der Waals surface area contributed by atoms with E-state index in [1.54, 1.807) is 12.1 Å². The Morgan fingerprint density at radius 2 is 1.40 bits per heavy atom. The van der Waals surface area contributed by atoms with E-state index in [0.29, 0.717) is 51.0 Å². The average molecular weight is 814 g/mol. The number of benzene rings is 3. The lowest BCUT2D eigenvalue weighted by Crippen LogP contribution is -2.28. The zero-order chi connectivity index (χ0) is 41.0. The van der Waals surface area contributed by atoms with E-state index < -0.39 is 20.2 Å². The molecule has 10 nitrogen and oxygen atoms in total. The van der Waals surface area contributed by atoms with Crippen LogP contribution in [0.15, 0.2) is 114 Å². The molecule has 0 fully saturated rings. The zero-order valence-electron chi connectivity index (χ0n) is 33.1. The van der Waals surface area contributed by atoms with Crippen LogP contribution in [-0.4, -0.2) is 67.3 Å². The monoisotopic (exact) mass is 813 g/mol. The second-order valence-corrected chi connectivity index (χ2v) is 19.2. The van der Waals surface area contributed by atoms with Gasteiger partial charge in [-0.3, -0.25) is 13.9 Å². The second kappa shape index (κ2) is 17.1. The molecule has 0 amide bonds. The van der Waals surface area contributed by atoms with Crippen LogP contribution in [0.1, 0.15) is 89.3 Å². The van der Waals surface area contributed by atoms with E-state index in [1.807, 2.05) is 36.4 Å². The first kappa shape index (κ1) is 42.0. The third kappa shape index (κ3) is 9.58. The molecule has 2 N–H and O–H groups in total. The van der Waals surface area contributed by atoms with Gasteiger partial charge in [0.2, 0.25) is 5.69 Å². The van der Waals surface area contributed by atoms with Gasteiger partial charge in [0.15, 0.2) is 5.71 Å². The van der Waals surface area contributed by atoms with Crippen molar-refractivity contribution in [2.45, 2.75) is 83.5 Å². The van der Waals surface area contributed by atoms with Crippen molar-refractivity contribution in [2.75, 3.05) is 29.5 Å². The minimum absolute atomic E-state index is 0.273. The highest BCUT2D eigenvalue weighted by atomic mass is 32.2. The summed E-state index contributed by atoms with van der Waals surface area (Å²) in [4.78, 5) is 13.4. The highest BCUT2D eigenvalue weighted by Crippen LogP contribution is 2.48. The Bertz CT molecular complexity index is 2390. The molecule has 2 aliphatic heterocycles. The number of hydrogen-bond donors (Lipinski definition) is 2. The quantitative estimate of drug-likeness (QED) is 0.0629. The molecule has 3 aromatic carbocycles. The Kier molecular flexibility index (Phi) is 12.6. The summed E-state index contributed by atoms with van der Waals surface area (Å²) in [6.07, 6.45) is 13.3. The lowest BCUT2D eigenvalue weighted by atomic mass is 9.79. The summed E-state index contributed by atoms with van der Waals surface area (Å²) in [6, 6.07) is 24.2. The zero-order valence-corrected chi connectivity index (χ0v) is 34.8. The molecule has 57 heavy (non-hydrogen) atoms. The third-order valence-corrected chi connectivity index (χ3v) is 13.0. The molecule has 0 saturated carbocycles. The van der Waals surface area contributed by atoms with E-state index in [4.69, 9.17) is 4.74 Å². The van der Waals surface area contributed by atoms with E-state index >= 15 is 0 Å². The fraction of sp³-hybridized carbons (Fsp3) is 0.378. The largest absolute Gasteiger partial charge is 0.429 e. The molecule has 1 aliphatic carbocycles. The number of carbonyl (C=O) groups excluding carboxylic acids is 1. The van der Waals surface area contributed by atoms with Gasteiger partial charge in [0.05, 0.1) is 16.9 Å². The lowest BCUT2D eigenvalue weighted by Gasteiger charge is -2.28. The van der Waals surface area contributed by atoms with Gasteiger partial charge in [0.1, 0.15) is 12.3 Å². The van der Waals surface area contributed by atoms with E-state index in [2.05, 4.69) is 85.7 Å². The number of unbranched alkanes of at least 4 members (excludes halogenated alkanes) is 2. The third-order valence-electron chi connectivity index (χ3n) is 11.4. The first-order valence-corrected chi connectivity index (χ1v) is 22.8. The van der Waals surface area contributed by atoms with Crippen LogP contribution in [0, 0.1) is 0 Å². The maximum absolute atomic E-state index is 11.5. The van der Waals surface area contributed by atoms with E-state index in [1.165, 1.54) is 11.1 Å². The highest BCUT2D eigenvalue weighted by Gasteiger charge is 2.44. The summed E-state index contributed by atoms with van der Waals surface area (Å²) in [6.45, 7) is 10.4. The summed E-state index contributed by atoms with van der Waals surface area (Å²) < 4.78 is 71.9. The van der Waals surface area contributed by atoms with E-state index in [0.717, 1.165) is 64.3 Å². The van der Waals surface area contributed by atoms with Gasteiger partial charge >= 0.3 is 0 Å². The number of anilines is 1. The molecule has 12 heteroatoms. The average Bonchev–Trinajstić information content (AvgIpc) is 3.51. The van der Waals surface area contributed by atoms with Crippen molar-refractivity contribution in [3.63, 3.8) is 0 Å². The summed E-state index contributed by atoms with van der Waals surface area (Å²) in [5, 5.41) is 0. The van der Waals surface area contributed by atoms with E-state index in [-0.39, 0.29) is 22.3 Å². The van der Waals surface area contributed by atoms with Crippen molar-refractivity contribution >= 4 is 49.4 Å². The van der Waals surface area contributed by atoms with Crippen LogP contribution in [0.3, 0.4) is 0 Å². The number of para-hydroxylation sites is 2. The van der Waals surface area contributed by atoms with Crippen molar-refractivity contribution in [3.05, 3.63) is 131 Å². The normalized spacial score (nSPS) is 19.2. The summed E-state index contributed by atoms with van der Waals surface area (Å²) >= 11 is 0. The Labute approximate surface area is 337 Å². The lowest BCUT2D eigenvalue weighted by molar-refractivity contribution is -0.438. The van der Waals surface area contributed by atoms with Crippen LogP contribution in [-0.2, 0) is 35.9 Å². The summed E-state index contributed by atoms with van der Waals surface area (Å²) in [5.41, 5.74) is 10.6. The van der Waals surface area contributed by atoms with Gasteiger partial charge in [-0.25, -0.2) is 0 Å². The summed E-state index contributed by atoms with van der Waals surface area (Å²) in [7, 11) is -8.08. The van der Waals surface area contributed by atoms with Gasteiger partial charge in [-0.1, -0.05) is 74.5 Å². The molecular weight excluding hydrogens is 761 g/mol. The smallest absolute Gasteiger partial charge is 0.298 e. The van der Waals surface area contributed by atoms with Gasteiger partial charge in [0.25, 0.3) is 26.7 Å². The number of allylic oxidation sites excluding steroid dienone is 8. The van der Waals surface area contributed by atoms with E-state index in [9.17, 15) is 30.7 Å². The van der Waals surface area contributed by atoms with Gasteiger partial charge < -0.3 is 9.64 Å². The Hall–Kier alpha value is -4.62. The predicted molar refractivity (Wildman–Crippen MR) is 227 cm³/mol. The van der Waals surface area contributed by atoms with Crippen LogP contribution in [0.5, 0.6) is 5.75 Å². The molecule has 2 heterocycles. The van der Waals surface area contributed by atoms with Gasteiger partial charge in [-0.15, -0.1) is 0 Å². The van der Waals surface area contributed by atoms with Crippen LogP contribution in [0.25, 0.3) is 5.57 Å². The molecule has 0 saturated heterocycles. The molecule has 302 valence electrons. The van der Waals surface area contributed by atoms with Crippen LogP contribution >= 0.6 is 0 Å². The standard InChI is InChI=1S/C45H52N2O8S2/c1-44(2)37-16-5-7-18-39(37)46(28-9-11-30-56(49,50)51)41(44)26-22-33-14-13-15-34(43(33)35-20-24-36(25-21-35)55-32-48)23-27-42-45(3,4)38-17-6-8-19-40(38)47(42)29-10-12-31-57(52,53)54/h5-8,16-27,32H,9-15,28-31H2,1-4H3,(H-,49,50,51,52,53,54)/p+1. The molecule has 3 aliphatic rings. The van der Waals surface area contributed by atoms with Crippen molar-refractivity contribution in [1.82, 2.24) is 0 Å². The Balaban J connectivity index is 1.43. The van der Waals surface area contributed by atoms with Crippen LogP contribution < -0.4 is 9.64 Å². The number of rotatable bonds is 16. The molecule has 0 spiro atoms. The molecule has 0 aromatic heterocycles. The minimum Gasteiger partial charge on any atom is -0.429 e. The SMILES string of the molecule is CC1(C)C(/C=C/C2=C(c3ccc(OC=O)cc3)C(=C/C=C3/N(CCCCS(=O)(=O)O)c4ccccc4C3(C)C)/CCC2)=[N+](CCCCS(=O)(=O)O)c2ccccc21. The van der Waals surface area contributed by atoms with Crippen molar-refractivity contribution in [2.24, 2.45) is 0 Å². The van der Waals surface area contributed by atoms with Gasteiger partial charge in [-0.2, -0.15) is 21.4 Å². The number of fused-ring (bicyclic) bond motifs is 2. The number of carbonyl (C=O) groups is 1.